The largest absolute Gasteiger partial charge is 0.481 e. The number of carboxylic acids is 1. The molecule has 5 nitrogen and oxygen atoms in total. The van der Waals surface area contributed by atoms with Gasteiger partial charge in [0, 0.05) is 12.8 Å². The average molecular weight is 266 g/mol. The summed E-state index contributed by atoms with van der Waals surface area (Å²) in [6.45, 7) is 2.06. The molecule has 0 saturated heterocycles. The van der Waals surface area contributed by atoms with Gasteiger partial charge in [0.25, 0.3) is 0 Å². The molecule has 0 unspecified atom stereocenters. The zero-order valence-corrected chi connectivity index (χ0v) is 11.5. The van der Waals surface area contributed by atoms with Crippen LogP contribution in [0.5, 0.6) is 0 Å². The Morgan fingerprint density at radius 1 is 1.32 bits per heavy atom. The van der Waals surface area contributed by atoms with Crippen molar-refractivity contribution < 1.29 is 14.4 Å². The summed E-state index contributed by atoms with van der Waals surface area (Å²) in [6.07, 6.45) is 7.75. The minimum Gasteiger partial charge on any atom is -0.481 e. The fraction of sp³-hybridized carbons (Fsp3) is 0.786. The van der Waals surface area contributed by atoms with Crippen LogP contribution < -0.4 is 0 Å². The predicted octanol–water partition coefficient (Wildman–Crippen LogP) is 2.99. The molecule has 0 bridgehead atoms. The molecule has 1 N–H and O–H groups in total. The molecule has 0 radical (unpaired) electrons. The fourth-order valence-corrected chi connectivity index (χ4v) is 2.85. The first kappa shape index (κ1) is 14.0. The summed E-state index contributed by atoms with van der Waals surface area (Å²) in [5, 5.41) is 13.5. The number of aromatic nitrogens is 2. The maximum Gasteiger partial charge on any atom is 0.310 e. The van der Waals surface area contributed by atoms with Gasteiger partial charge >= 0.3 is 5.97 Å². The highest BCUT2D eigenvalue weighted by Crippen LogP contribution is 2.38. The number of carbonyl (C=O) groups is 1. The van der Waals surface area contributed by atoms with Crippen molar-refractivity contribution in [3.05, 3.63) is 11.7 Å². The molecule has 1 aromatic heterocycles. The molecule has 1 saturated carbocycles. The molecule has 1 aromatic rings. The van der Waals surface area contributed by atoms with E-state index in [0.29, 0.717) is 31.0 Å². The Hall–Kier alpha value is -1.39. The van der Waals surface area contributed by atoms with Crippen LogP contribution in [-0.4, -0.2) is 21.2 Å². The summed E-state index contributed by atoms with van der Waals surface area (Å²) in [6, 6.07) is 0. The average Bonchev–Trinajstić information content (AvgIpc) is 2.66. The first-order valence-electron chi connectivity index (χ1n) is 7.21. The van der Waals surface area contributed by atoms with E-state index >= 15 is 0 Å². The van der Waals surface area contributed by atoms with E-state index in [4.69, 9.17) is 4.52 Å². The van der Waals surface area contributed by atoms with Gasteiger partial charge in [-0.25, -0.2) is 0 Å². The molecule has 19 heavy (non-hydrogen) atoms. The topological polar surface area (TPSA) is 76.2 Å². The number of carboxylic acid groups (broad SMARTS) is 1. The van der Waals surface area contributed by atoms with Crippen LogP contribution in [-0.2, 0) is 17.6 Å². The van der Waals surface area contributed by atoms with E-state index in [1.54, 1.807) is 0 Å². The van der Waals surface area contributed by atoms with Gasteiger partial charge in [-0.1, -0.05) is 37.8 Å². The summed E-state index contributed by atoms with van der Waals surface area (Å²) < 4.78 is 5.21. The van der Waals surface area contributed by atoms with Crippen molar-refractivity contribution in [2.24, 2.45) is 5.41 Å². The third kappa shape index (κ3) is 3.33. The molecule has 0 aliphatic heterocycles. The number of rotatable bonds is 5. The molecule has 1 fully saturated rings. The van der Waals surface area contributed by atoms with E-state index in [9.17, 15) is 9.90 Å². The van der Waals surface area contributed by atoms with Gasteiger partial charge in [-0.05, 0) is 19.3 Å². The number of aryl methyl sites for hydroxylation is 1. The third-order valence-corrected chi connectivity index (χ3v) is 3.99. The summed E-state index contributed by atoms with van der Waals surface area (Å²) in [4.78, 5) is 16.0. The number of nitrogens with zero attached hydrogens (tertiary/aromatic N) is 2. The zero-order valence-electron chi connectivity index (χ0n) is 11.5. The van der Waals surface area contributed by atoms with Crippen molar-refractivity contribution in [1.29, 1.82) is 0 Å². The van der Waals surface area contributed by atoms with Crippen LogP contribution in [0.2, 0.25) is 0 Å². The first-order chi connectivity index (χ1) is 9.16. The molecular formula is C14H22N2O3. The minimum absolute atomic E-state index is 0.374. The Bertz CT molecular complexity index is 420. The SMILES string of the molecule is CCCc1noc(CC2(C(=O)O)CCCCCC2)n1. The summed E-state index contributed by atoms with van der Waals surface area (Å²) >= 11 is 0. The number of hydrogen-bond acceptors (Lipinski definition) is 4. The quantitative estimate of drug-likeness (QED) is 0.829. The highest BCUT2D eigenvalue weighted by molar-refractivity contribution is 5.74. The zero-order chi connectivity index (χ0) is 13.7. The standard InChI is InChI=1S/C14H22N2O3/c1-2-7-11-15-12(19-16-11)10-14(13(17)18)8-5-3-4-6-9-14/h2-10H2,1H3,(H,17,18). The van der Waals surface area contributed by atoms with Crippen molar-refractivity contribution in [3.8, 4) is 0 Å². The maximum atomic E-state index is 11.7. The van der Waals surface area contributed by atoms with E-state index in [-0.39, 0.29) is 0 Å². The lowest BCUT2D eigenvalue weighted by Crippen LogP contribution is -2.33. The fourth-order valence-electron chi connectivity index (χ4n) is 2.85. The summed E-state index contributed by atoms with van der Waals surface area (Å²) in [7, 11) is 0. The van der Waals surface area contributed by atoms with Crippen LogP contribution in [0, 0.1) is 5.41 Å². The van der Waals surface area contributed by atoms with Gasteiger partial charge in [-0.15, -0.1) is 0 Å². The van der Waals surface area contributed by atoms with Gasteiger partial charge in [-0.3, -0.25) is 4.79 Å². The monoisotopic (exact) mass is 266 g/mol. The Labute approximate surface area is 113 Å². The molecule has 0 spiro atoms. The second-order valence-corrected chi connectivity index (χ2v) is 5.53. The van der Waals surface area contributed by atoms with Crippen molar-refractivity contribution in [1.82, 2.24) is 10.1 Å². The van der Waals surface area contributed by atoms with Gasteiger partial charge in [-0.2, -0.15) is 4.98 Å². The molecule has 1 aliphatic carbocycles. The van der Waals surface area contributed by atoms with Gasteiger partial charge in [0.15, 0.2) is 5.82 Å². The number of hydrogen-bond donors (Lipinski definition) is 1. The van der Waals surface area contributed by atoms with Crippen LogP contribution in [0.1, 0.15) is 63.6 Å². The molecule has 2 rings (SSSR count). The summed E-state index contributed by atoms with van der Waals surface area (Å²) in [5.74, 6) is 0.448. The second-order valence-electron chi connectivity index (χ2n) is 5.53. The molecule has 106 valence electrons. The van der Waals surface area contributed by atoms with E-state index in [0.717, 1.165) is 38.5 Å². The smallest absolute Gasteiger partial charge is 0.310 e. The minimum atomic E-state index is -0.718. The summed E-state index contributed by atoms with van der Waals surface area (Å²) in [5.41, 5.74) is -0.702. The normalized spacial score (nSPS) is 19.0. The van der Waals surface area contributed by atoms with Gasteiger partial charge in [0.05, 0.1) is 5.41 Å². The van der Waals surface area contributed by atoms with Crippen molar-refractivity contribution in [2.45, 2.75) is 64.7 Å². The lowest BCUT2D eigenvalue weighted by atomic mass is 9.77. The van der Waals surface area contributed by atoms with Crippen molar-refractivity contribution in [2.75, 3.05) is 0 Å². The van der Waals surface area contributed by atoms with E-state index in [1.165, 1.54) is 0 Å². The molecule has 1 aliphatic rings. The van der Waals surface area contributed by atoms with Crippen LogP contribution in [0.4, 0.5) is 0 Å². The van der Waals surface area contributed by atoms with E-state index in [1.807, 2.05) is 0 Å². The maximum absolute atomic E-state index is 11.7. The van der Waals surface area contributed by atoms with Gasteiger partial charge < -0.3 is 9.63 Å². The van der Waals surface area contributed by atoms with Gasteiger partial charge in [0.2, 0.25) is 5.89 Å². The molecule has 5 heteroatoms. The predicted molar refractivity (Wildman–Crippen MR) is 69.8 cm³/mol. The highest BCUT2D eigenvalue weighted by Gasteiger charge is 2.40. The van der Waals surface area contributed by atoms with E-state index in [2.05, 4.69) is 17.1 Å². The van der Waals surface area contributed by atoms with Crippen LogP contribution in [0.15, 0.2) is 4.52 Å². The van der Waals surface area contributed by atoms with E-state index < -0.39 is 11.4 Å². The molecule has 1 heterocycles. The lowest BCUT2D eigenvalue weighted by Gasteiger charge is -2.26. The van der Waals surface area contributed by atoms with Crippen molar-refractivity contribution in [3.63, 3.8) is 0 Å². The van der Waals surface area contributed by atoms with Gasteiger partial charge in [0.1, 0.15) is 0 Å². The molecule has 0 aromatic carbocycles. The Morgan fingerprint density at radius 2 is 2.00 bits per heavy atom. The Morgan fingerprint density at radius 3 is 2.58 bits per heavy atom. The molecular weight excluding hydrogens is 244 g/mol. The van der Waals surface area contributed by atoms with Crippen LogP contribution in [0.25, 0.3) is 0 Å². The second kappa shape index (κ2) is 6.17. The Balaban J connectivity index is 2.12. The molecule has 0 atom stereocenters. The lowest BCUT2D eigenvalue weighted by molar-refractivity contribution is -0.150. The molecule has 0 amide bonds. The van der Waals surface area contributed by atoms with Crippen molar-refractivity contribution >= 4 is 5.97 Å². The van der Waals surface area contributed by atoms with Crippen LogP contribution >= 0.6 is 0 Å². The highest BCUT2D eigenvalue weighted by atomic mass is 16.5. The van der Waals surface area contributed by atoms with Crippen LogP contribution in [0.3, 0.4) is 0 Å². The first-order valence-corrected chi connectivity index (χ1v) is 7.21. The third-order valence-electron chi connectivity index (χ3n) is 3.99. The Kier molecular flexibility index (Phi) is 4.56. The number of aliphatic carboxylic acids is 1.